The van der Waals surface area contributed by atoms with E-state index in [2.05, 4.69) is 59.6 Å². The number of rotatable bonds is 5. The Morgan fingerprint density at radius 2 is 1.81 bits per heavy atom. The van der Waals surface area contributed by atoms with E-state index in [4.69, 9.17) is 0 Å². The molecule has 4 rings (SSSR count). The molecule has 1 fully saturated rings. The molecule has 0 radical (unpaired) electrons. The van der Waals surface area contributed by atoms with Crippen LogP contribution in [0.5, 0.6) is 0 Å². The number of benzene rings is 3. The Morgan fingerprint density at radius 3 is 2.62 bits per heavy atom. The van der Waals surface area contributed by atoms with Gasteiger partial charge in [-0.05, 0) is 53.9 Å². The number of hydrogen-bond donors (Lipinski definition) is 1. The van der Waals surface area contributed by atoms with Gasteiger partial charge in [-0.15, -0.1) is 0 Å². The molecule has 1 aliphatic rings. The maximum absolute atomic E-state index is 10.8. The van der Waals surface area contributed by atoms with Gasteiger partial charge in [0, 0.05) is 36.4 Å². The summed E-state index contributed by atoms with van der Waals surface area (Å²) in [6.45, 7) is 4.29. The molecule has 3 nitrogen and oxygen atoms in total. The third kappa shape index (κ3) is 3.35. The van der Waals surface area contributed by atoms with Crippen LogP contribution in [0.2, 0.25) is 0 Å². The molecule has 0 unspecified atom stereocenters. The molecule has 1 saturated heterocycles. The predicted octanol–water partition coefficient (Wildman–Crippen LogP) is 4.58. The number of fused-ring (bicyclic) bond motifs is 1. The van der Waals surface area contributed by atoms with Crippen LogP contribution >= 0.6 is 0 Å². The van der Waals surface area contributed by atoms with Crippen molar-refractivity contribution in [2.45, 2.75) is 25.4 Å². The van der Waals surface area contributed by atoms with E-state index in [1.54, 1.807) is 0 Å². The minimum atomic E-state index is 0.309. The fraction of sp³-hybridized carbons (Fsp3) is 0.261. The van der Waals surface area contributed by atoms with E-state index in [0.717, 1.165) is 31.4 Å². The van der Waals surface area contributed by atoms with Gasteiger partial charge in [-0.3, -0.25) is 4.79 Å². The maximum Gasteiger partial charge on any atom is 0.150 e. The lowest BCUT2D eigenvalue weighted by molar-refractivity contribution is 0.112. The zero-order valence-corrected chi connectivity index (χ0v) is 15.1. The first-order chi connectivity index (χ1) is 12.7. The van der Waals surface area contributed by atoms with E-state index in [0.29, 0.717) is 12.1 Å². The number of nitrogens with zero attached hydrogens (tertiary/aromatic N) is 1. The van der Waals surface area contributed by atoms with Gasteiger partial charge >= 0.3 is 0 Å². The highest BCUT2D eigenvalue weighted by molar-refractivity contribution is 5.86. The van der Waals surface area contributed by atoms with Crippen molar-refractivity contribution in [2.24, 2.45) is 0 Å². The van der Waals surface area contributed by atoms with Crippen LogP contribution in [-0.4, -0.2) is 25.4 Å². The number of aldehydes is 1. The summed E-state index contributed by atoms with van der Waals surface area (Å²) in [5.41, 5.74) is 3.28. The lowest BCUT2D eigenvalue weighted by Gasteiger charge is -2.23. The number of anilines is 1. The minimum Gasteiger partial charge on any atom is -0.370 e. The van der Waals surface area contributed by atoms with Crippen molar-refractivity contribution in [1.29, 1.82) is 0 Å². The molecule has 26 heavy (non-hydrogen) atoms. The lowest BCUT2D eigenvalue weighted by atomic mass is 9.99. The normalized spacial score (nSPS) is 18.2. The Morgan fingerprint density at radius 1 is 1.04 bits per heavy atom. The Bertz CT molecular complexity index is 898. The van der Waals surface area contributed by atoms with Crippen molar-refractivity contribution in [2.75, 3.05) is 18.0 Å². The zero-order valence-electron chi connectivity index (χ0n) is 15.1. The number of carbonyl (C=O) groups is 1. The van der Waals surface area contributed by atoms with Gasteiger partial charge < -0.3 is 10.2 Å². The molecular weight excluding hydrogens is 320 g/mol. The summed E-state index contributed by atoms with van der Waals surface area (Å²) in [6, 6.07) is 23.8. The van der Waals surface area contributed by atoms with Crippen LogP contribution in [0.15, 0.2) is 66.7 Å². The average molecular weight is 344 g/mol. The molecule has 0 aliphatic carbocycles. The van der Waals surface area contributed by atoms with Crippen LogP contribution in [0, 0.1) is 0 Å². The second kappa shape index (κ2) is 7.30. The van der Waals surface area contributed by atoms with E-state index < -0.39 is 0 Å². The SMILES string of the molecule is C[C@@H](N[C@H]1CCN(c2ccc(C=O)cc2)C1)c1cccc2ccccc12. The first kappa shape index (κ1) is 16.8. The number of nitrogens with one attached hydrogen (secondary N) is 1. The summed E-state index contributed by atoms with van der Waals surface area (Å²) >= 11 is 0. The minimum absolute atomic E-state index is 0.309. The molecule has 3 aromatic carbocycles. The summed E-state index contributed by atoms with van der Waals surface area (Å²) in [7, 11) is 0. The first-order valence-electron chi connectivity index (χ1n) is 9.28. The van der Waals surface area contributed by atoms with Crippen molar-refractivity contribution in [3.05, 3.63) is 77.9 Å². The molecule has 3 aromatic rings. The Labute approximate surface area is 154 Å². The van der Waals surface area contributed by atoms with Gasteiger partial charge in [-0.2, -0.15) is 0 Å². The monoisotopic (exact) mass is 344 g/mol. The molecule has 0 saturated carbocycles. The van der Waals surface area contributed by atoms with E-state index in [1.807, 2.05) is 24.3 Å². The summed E-state index contributed by atoms with van der Waals surface area (Å²) in [5.74, 6) is 0. The van der Waals surface area contributed by atoms with Gasteiger partial charge in [0.1, 0.15) is 6.29 Å². The van der Waals surface area contributed by atoms with Gasteiger partial charge in [0.15, 0.2) is 0 Å². The number of carbonyl (C=O) groups excluding carboxylic acids is 1. The van der Waals surface area contributed by atoms with Gasteiger partial charge in [0.2, 0.25) is 0 Å². The summed E-state index contributed by atoms with van der Waals surface area (Å²) in [5, 5.41) is 6.43. The Hall–Kier alpha value is -2.65. The highest BCUT2D eigenvalue weighted by atomic mass is 16.1. The highest BCUT2D eigenvalue weighted by Crippen LogP contribution is 2.26. The van der Waals surface area contributed by atoms with Gasteiger partial charge in [-0.25, -0.2) is 0 Å². The number of hydrogen-bond acceptors (Lipinski definition) is 3. The summed E-state index contributed by atoms with van der Waals surface area (Å²) < 4.78 is 0. The molecule has 1 aliphatic heterocycles. The molecule has 0 spiro atoms. The van der Waals surface area contributed by atoms with Crippen LogP contribution in [0.3, 0.4) is 0 Å². The fourth-order valence-electron chi connectivity index (χ4n) is 3.97. The van der Waals surface area contributed by atoms with Crippen molar-refractivity contribution in [3.8, 4) is 0 Å². The van der Waals surface area contributed by atoms with Crippen molar-refractivity contribution >= 4 is 22.7 Å². The van der Waals surface area contributed by atoms with Crippen LogP contribution in [0.25, 0.3) is 10.8 Å². The largest absolute Gasteiger partial charge is 0.370 e. The Kier molecular flexibility index (Phi) is 4.72. The lowest BCUT2D eigenvalue weighted by Crippen LogP contribution is -2.34. The van der Waals surface area contributed by atoms with E-state index in [1.165, 1.54) is 22.0 Å². The van der Waals surface area contributed by atoms with Crippen LogP contribution in [-0.2, 0) is 0 Å². The Balaban J connectivity index is 1.45. The van der Waals surface area contributed by atoms with E-state index >= 15 is 0 Å². The van der Waals surface area contributed by atoms with Gasteiger partial charge in [0.25, 0.3) is 0 Å². The predicted molar refractivity (Wildman–Crippen MR) is 108 cm³/mol. The van der Waals surface area contributed by atoms with Crippen molar-refractivity contribution < 1.29 is 4.79 Å². The van der Waals surface area contributed by atoms with Crippen LogP contribution in [0.1, 0.15) is 35.3 Å². The van der Waals surface area contributed by atoms with Crippen molar-refractivity contribution in [3.63, 3.8) is 0 Å². The van der Waals surface area contributed by atoms with Crippen LogP contribution < -0.4 is 10.2 Å². The molecule has 2 atom stereocenters. The molecule has 3 heteroatoms. The smallest absolute Gasteiger partial charge is 0.150 e. The quantitative estimate of drug-likeness (QED) is 0.688. The molecule has 0 aromatic heterocycles. The molecule has 0 amide bonds. The topological polar surface area (TPSA) is 32.3 Å². The van der Waals surface area contributed by atoms with Crippen molar-refractivity contribution in [1.82, 2.24) is 5.32 Å². The molecule has 132 valence electrons. The van der Waals surface area contributed by atoms with E-state index in [9.17, 15) is 4.79 Å². The third-order valence-corrected chi connectivity index (χ3v) is 5.36. The first-order valence-corrected chi connectivity index (χ1v) is 9.28. The van der Waals surface area contributed by atoms with Gasteiger partial charge in [0.05, 0.1) is 0 Å². The van der Waals surface area contributed by atoms with E-state index in [-0.39, 0.29) is 0 Å². The average Bonchev–Trinajstić information content (AvgIpc) is 3.16. The second-order valence-electron chi connectivity index (χ2n) is 7.10. The molecule has 1 N–H and O–H groups in total. The second-order valence-corrected chi connectivity index (χ2v) is 7.10. The van der Waals surface area contributed by atoms with Crippen LogP contribution in [0.4, 0.5) is 5.69 Å². The fourth-order valence-corrected chi connectivity index (χ4v) is 3.97. The molecular formula is C23H24N2O. The summed E-state index contributed by atoms with van der Waals surface area (Å²) in [6.07, 6.45) is 2.02. The standard InChI is InChI=1S/C23H24N2O/c1-17(22-8-4-6-19-5-2-3-7-23(19)22)24-20-13-14-25(15-20)21-11-9-18(16-26)10-12-21/h2-12,16-17,20,24H,13-15H2,1H3/t17-,20+/m1/s1. The molecule has 0 bridgehead atoms. The maximum atomic E-state index is 10.8. The zero-order chi connectivity index (χ0) is 17.9. The highest BCUT2D eigenvalue weighted by Gasteiger charge is 2.24. The summed E-state index contributed by atoms with van der Waals surface area (Å²) in [4.78, 5) is 13.2. The van der Waals surface area contributed by atoms with Gasteiger partial charge in [-0.1, -0.05) is 42.5 Å². The molecule has 1 heterocycles. The third-order valence-electron chi connectivity index (χ3n) is 5.36.